The number of hydrogen-bond donors (Lipinski definition) is 2. The molecule has 0 aromatic carbocycles. The van der Waals surface area contributed by atoms with Crippen LogP contribution in [0.1, 0.15) is 30.8 Å². The first kappa shape index (κ1) is 15.2. The minimum absolute atomic E-state index is 0.154. The number of furan rings is 1. The summed E-state index contributed by atoms with van der Waals surface area (Å²) < 4.78 is 4.97. The lowest BCUT2D eigenvalue weighted by atomic mass is 9.99. The van der Waals surface area contributed by atoms with Crippen LogP contribution >= 0.6 is 11.3 Å². The molecule has 0 spiro atoms. The second-order valence-electron chi connectivity index (χ2n) is 4.72. The van der Waals surface area contributed by atoms with Crippen molar-refractivity contribution in [3.63, 3.8) is 0 Å². The molecule has 1 amide bonds. The van der Waals surface area contributed by atoms with Crippen molar-refractivity contribution in [3.05, 3.63) is 29.7 Å². The van der Waals surface area contributed by atoms with Crippen LogP contribution in [0.25, 0.3) is 10.6 Å². The Morgan fingerprint density at radius 3 is 2.86 bits per heavy atom. The van der Waals surface area contributed by atoms with Crippen molar-refractivity contribution in [1.29, 1.82) is 0 Å². The van der Waals surface area contributed by atoms with E-state index in [0.717, 1.165) is 5.56 Å². The van der Waals surface area contributed by atoms with Crippen molar-refractivity contribution in [3.8, 4) is 10.6 Å². The molecule has 0 aliphatic heterocycles. The maximum Gasteiger partial charge on any atom is 0.326 e. The van der Waals surface area contributed by atoms with Gasteiger partial charge in [0.05, 0.1) is 6.26 Å². The highest BCUT2D eigenvalue weighted by molar-refractivity contribution is 7.13. The number of amides is 1. The molecule has 0 radical (unpaired) electrons. The third-order valence-electron chi connectivity index (χ3n) is 3.27. The zero-order chi connectivity index (χ0) is 15.4. The highest BCUT2D eigenvalue weighted by atomic mass is 32.1. The van der Waals surface area contributed by atoms with E-state index in [2.05, 4.69) is 10.3 Å². The summed E-state index contributed by atoms with van der Waals surface area (Å²) in [5.74, 6) is -1.67. The van der Waals surface area contributed by atoms with Gasteiger partial charge in [0.15, 0.2) is 0 Å². The molecule has 0 saturated carbocycles. The number of nitrogens with zero attached hydrogens (tertiary/aromatic N) is 1. The van der Waals surface area contributed by atoms with Crippen molar-refractivity contribution in [2.24, 2.45) is 5.92 Å². The van der Waals surface area contributed by atoms with Gasteiger partial charge in [0.2, 0.25) is 0 Å². The molecule has 2 heterocycles. The SMILES string of the molecule is CCC(C)C(NC(=O)c1csc(-c2ccoc2)n1)C(=O)O. The number of carboxylic acid groups (broad SMARTS) is 1. The number of hydrogen-bond acceptors (Lipinski definition) is 5. The molecule has 2 aromatic rings. The molecule has 0 saturated heterocycles. The van der Waals surface area contributed by atoms with Gasteiger partial charge in [0, 0.05) is 10.9 Å². The lowest BCUT2D eigenvalue weighted by Crippen LogP contribution is -2.45. The molecule has 6 nitrogen and oxygen atoms in total. The Balaban J connectivity index is 2.11. The van der Waals surface area contributed by atoms with E-state index in [9.17, 15) is 14.7 Å². The summed E-state index contributed by atoms with van der Waals surface area (Å²) in [6.45, 7) is 3.67. The molecule has 7 heteroatoms. The van der Waals surface area contributed by atoms with Crippen LogP contribution in [0, 0.1) is 5.92 Å². The molecule has 2 rings (SSSR count). The molecule has 0 fully saturated rings. The van der Waals surface area contributed by atoms with Crippen LogP contribution in [0.2, 0.25) is 0 Å². The lowest BCUT2D eigenvalue weighted by Gasteiger charge is -2.19. The molecule has 0 aliphatic carbocycles. The van der Waals surface area contributed by atoms with E-state index in [1.54, 1.807) is 24.6 Å². The van der Waals surface area contributed by atoms with Crippen LogP contribution in [0.4, 0.5) is 0 Å². The van der Waals surface area contributed by atoms with Crippen molar-refractivity contribution in [2.45, 2.75) is 26.3 Å². The Labute approximate surface area is 125 Å². The normalized spacial score (nSPS) is 13.6. The Morgan fingerprint density at radius 2 is 2.29 bits per heavy atom. The van der Waals surface area contributed by atoms with Gasteiger partial charge in [0.1, 0.15) is 23.0 Å². The summed E-state index contributed by atoms with van der Waals surface area (Å²) >= 11 is 1.31. The van der Waals surface area contributed by atoms with Gasteiger partial charge in [-0.3, -0.25) is 4.79 Å². The van der Waals surface area contributed by atoms with Crippen LogP contribution in [0.15, 0.2) is 28.4 Å². The monoisotopic (exact) mass is 308 g/mol. The van der Waals surface area contributed by atoms with Crippen LogP contribution in [-0.4, -0.2) is 28.0 Å². The first-order chi connectivity index (χ1) is 10.0. The molecule has 2 atom stereocenters. The number of thiazole rings is 1. The molecule has 21 heavy (non-hydrogen) atoms. The molecule has 2 aromatic heterocycles. The van der Waals surface area contributed by atoms with Gasteiger partial charge in [0.25, 0.3) is 5.91 Å². The fourth-order valence-electron chi connectivity index (χ4n) is 1.80. The molecule has 2 unspecified atom stereocenters. The summed E-state index contributed by atoms with van der Waals surface area (Å²) in [4.78, 5) is 27.5. The quantitative estimate of drug-likeness (QED) is 0.855. The van der Waals surface area contributed by atoms with E-state index in [-0.39, 0.29) is 11.6 Å². The van der Waals surface area contributed by atoms with Crippen molar-refractivity contribution < 1.29 is 19.1 Å². The fraction of sp³-hybridized carbons (Fsp3) is 0.357. The van der Waals surface area contributed by atoms with E-state index < -0.39 is 17.9 Å². The summed E-state index contributed by atoms with van der Waals surface area (Å²) in [6.07, 6.45) is 3.73. The lowest BCUT2D eigenvalue weighted by molar-refractivity contribution is -0.140. The Morgan fingerprint density at radius 1 is 1.52 bits per heavy atom. The predicted octanol–water partition coefficient (Wildman–Crippen LogP) is 2.63. The number of carbonyl (C=O) groups excluding carboxylic acids is 1. The number of nitrogens with one attached hydrogen (secondary N) is 1. The van der Waals surface area contributed by atoms with Crippen molar-refractivity contribution in [1.82, 2.24) is 10.3 Å². The summed E-state index contributed by atoms with van der Waals surface area (Å²) in [5.41, 5.74) is 1.00. The second-order valence-corrected chi connectivity index (χ2v) is 5.58. The largest absolute Gasteiger partial charge is 0.480 e. The summed E-state index contributed by atoms with van der Waals surface area (Å²) in [6, 6.07) is 0.835. The van der Waals surface area contributed by atoms with Gasteiger partial charge in [-0.25, -0.2) is 9.78 Å². The fourth-order valence-corrected chi connectivity index (χ4v) is 2.58. The number of aromatic nitrogens is 1. The van der Waals surface area contributed by atoms with Crippen LogP contribution < -0.4 is 5.32 Å². The van der Waals surface area contributed by atoms with Crippen molar-refractivity contribution in [2.75, 3.05) is 0 Å². The Bertz CT molecular complexity index is 621. The summed E-state index contributed by atoms with van der Waals surface area (Å²) in [5, 5.41) is 14.0. The zero-order valence-corrected chi connectivity index (χ0v) is 12.5. The molecule has 0 aliphatic rings. The van der Waals surface area contributed by atoms with E-state index in [4.69, 9.17) is 4.42 Å². The highest BCUT2D eigenvalue weighted by Crippen LogP contribution is 2.24. The predicted molar refractivity (Wildman–Crippen MR) is 78.2 cm³/mol. The molecular weight excluding hydrogens is 292 g/mol. The maximum absolute atomic E-state index is 12.1. The van der Waals surface area contributed by atoms with Crippen LogP contribution in [0.3, 0.4) is 0 Å². The first-order valence-electron chi connectivity index (χ1n) is 6.54. The third kappa shape index (κ3) is 3.49. The second kappa shape index (κ2) is 6.53. The van der Waals surface area contributed by atoms with Crippen LogP contribution in [0.5, 0.6) is 0 Å². The van der Waals surface area contributed by atoms with Crippen molar-refractivity contribution >= 4 is 23.2 Å². The smallest absolute Gasteiger partial charge is 0.326 e. The number of rotatable bonds is 6. The Kier molecular flexibility index (Phi) is 4.74. The minimum Gasteiger partial charge on any atom is -0.480 e. The Hall–Kier alpha value is -2.15. The van der Waals surface area contributed by atoms with Crippen LogP contribution in [-0.2, 0) is 4.79 Å². The van der Waals surface area contributed by atoms with E-state index in [1.807, 2.05) is 6.92 Å². The summed E-state index contributed by atoms with van der Waals surface area (Å²) in [7, 11) is 0. The average Bonchev–Trinajstić information content (AvgIpc) is 3.12. The number of carboxylic acids is 1. The average molecular weight is 308 g/mol. The number of carbonyl (C=O) groups is 2. The molecule has 112 valence electrons. The number of aliphatic carboxylic acids is 1. The van der Waals surface area contributed by atoms with E-state index in [1.165, 1.54) is 17.6 Å². The van der Waals surface area contributed by atoms with E-state index >= 15 is 0 Å². The third-order valence-corrected chi connectivity index (χ3v) is 4.16. The highest BCUT2D eigenvalue weighted by Gasteiger charge is 2.26. The minimum atomic E-state index is -1.04. The maximum atomic E-state index is 12.1. The van der Waals surface area contributed by atoms with Gasteiger partial charge in [-0.05, 0) is 12.0 Å². The topological polar surface area (TPSA) is 92.4 Å². The molecule has 0 bridgehead atoms. The van der Waals surface area contributed by atoms with Gasteiger partial charge >= 0.3 is 5.97 Å². The molecule has 2 N–H and O–H groups in total. The van der Waals surface area contributed by atoms with Gasteiger partial charge in [-0.15, -0.1) is 11.3 Å². The zero-order valence-electron chi connectivity index (χ0n) is 11.7. The van der Waals surface area contributed by atoms with E-state index in [0.29, 0.717) is 11.4 Å². The molecular formula is C14H16N2O4S. The standard InChI is InChI=1S/C14H16N2O4S/c1-3-8(2)11(14(18)19)16-12(17)10-7-21-13(15-10)9-4-5-20-6-9/h4-8,11H,3H2,1-2H3,(H,16,17)(H,18,19). The van der Waals surface area contributed by atoms with Gasteiger partial charge in [-0.1, -0.05) is 20.3 Å². The van der Waals surface area contributed by atoms with Gasteiger partial charge < -0.3 is 14.8 Å². The van der Waals surface area contributed by atoms with Gasteiger partial charge in [-0.2, -0.15) is 0 Å². The first-order valence-corrected chi connectivity index (χ1v) is 7.42.